The lowest BCUT2D eigenvalue weighted by Gasteiger charge is -2.26. The highest BCUT2D eigenvalue weighted by molar-refractivity contribution is 5.30. The van der Waals surface area contributed by atoms with Gasteiger partial charge in [-0.25, -0.2) is 0 Å². The van der Waals surface area contributed by atoms with Crippen molar-refractivity contribution >= 4 is 0 Å². The minimum Gasteiger partial charge on any atom is -0.508 e. The van der Waals surface area contributed by atoms with E-state index in [-0.39, 0.29) is 11.8 Å². The summed E-state index contributed by atoms with van der Waals surface area (Å²) in [6, 6.07) is 9.05. The van der Waals surface area contributed by atoms with E-state index in [9.17, 15) is 10.4 Å². The molecule has 0 radical (unpaired) electrons. The van der Waals surface area contributed by atoms with Crippen molar-refractivity contribution in [2.75, 3.05) is 13.1 Å². The van der Waals surface area contributed by atoms with E-state index in [1.165, 1.54) is 0 Å². The Morgan fingerprint density at radius 2 is 1.71 bits per heavy atom. The molecule has 1 N–H and O–H groups in total. The highest BCUT2D eigenvalue weighted by Crippen LogP contribution is 2.22. The van der Waals surface area contributed by atoms with Gasteiger partial charge in [0.1, 0.15) is 11.8 Å². The van der Waals surface area contributed by atoms with Gasteiger partial charge in [0.15, 0.2) is 0 Å². The zero-order chi connectivity index (χ0) is 12.7. The molecule has 17 heavy (non-hydrogen) atoms. The first-order valence-electron chi connectivity index (χ1n) is 6.15. The number of rotatable bonds is 6. The second-order valence-corrected chi connectivity index (χ2v) is 4.16. The van der Waals surface area contributed by atoms with Crippen molar-refractivity contribution in [2.45, 2.75) is 32.7 Å². The molecule has 0 aromatic heterocycles. The lowest BCUT2D eigenvalue weighted by Crippen LogP contribution is -2.29. The van der Waals surface area contributed by atoms with Gasteiger partial charge < -0.3 is 5.11 Å². The van der Waals surface area contributed by atoms with Crippen LogP contribution in [0.5, 0.6) is 5.75 Å². The summed E-state index contributed by atoms with van der Waals surface area (Å²) in [6.45, 7) is 6.09. The van der Waals surface area contributed by atoms with Gasteiger partial charge in [-0.05, 0) is 43.6 Å². The molecule has 0 saturated carbocycles. The van der Waals surface area contributed by atoms with Crippen LogP contribution in [0.15, 0.2) is 24.3 Å². The van der Waals surface area contributed by atoms with E-state index >= 15 is 0 Å². The molecule has 0 bridgehead atoms. The largest absolute Gasteiger partial charge is 0.508 e. The van der Waals surface area contributed by atoms with Crippen LogP contribution in [0.2, 0.25) is 0 Å². The maximum absolute atomic E-state index is 9.32. The Bertz CT molecular complexity index is 361. The third-order valence-electron chi connectivity index (χ3n) is 2.72. The molecule has 92 valence electrons. The Kier molecular flexibility index (Phi) is 5.51. The van der Waals surface area contributed by atoms with Crippen LogP contribution in [-0.2, 0) is 0 Å². The highest BCUT2D eigenvalue weighted by Gasteiger charge is 2.18. The number of hydrogen-bond acceptors (Lipinski definition) is 3. The van der Waals surface area contributed by atoms with E-state index in [0.717, 1.165) is 31.5 Å². The topological polar surface area (TPSA) is 47.3 Å². The molecule has 1 atom stereocenters. The van der Waals surface area contributed by atoms with Gasteiger partial charge in [0.25, 0.3) is 0 Å². The summed E-state index contributed by atoms with van der Waals surface area (Å²) in [5, 5.41) is 18.6. The molecule has 0 heterocycles. The summed E-state index contributed by atoms with van der Waals surface area (Å²) in [6.07, 6.45) is 2.08. The smallest absolute Gasteiger partial charge is 0.123 e. The third-order valence-corrected chi connectivity index (χ3v) is 2.72. The van der Waals surface area contributed by atoms with Crippen LogP contribution >= 0.6 is 0 Å². The molecular weight excluding hydrogens is 212 g/mol. The third kappa shape index (κ3) is 3.76. The van der Waals surface area contributed by atoms with Crippen molar-refractivity contribution in [3.05, 3.63) is 29.8 Å². The number of nitrogens with zero attached hydrogens (tertiary/aromatic N) is 2. The summed E-state index contributed by atoms with van der Waals surface area (Å²) in [7, 11) is 0. The van der Waals surface area contributed by atoms with Crippen LogP contribution in [-0.4, -0.2) is 23.1 Å². The molecule has 0 spiro atoms. The van der Waals surface area contributed by atoms with Crippen molar-refractivity contribution in [1.82, 2.24) is 4.90 Å². The van der Waals surface area contributed by atoms with Gasteiger partial charge in [0.2, 0.25) is 0 Å². The van der Waals surface area contributed by atoms with Crippen molar-refractivity contribution in [3.8, 4) is 11.8 Å². The van der Waals surface area contributed by atoms with Gasteiger partial charge in [0, 0.05) is 0 Å². The predicted octanol–water partition coefficient (Wildman–Crippen LogP) is 3.08. The molecule has 0 aliphatic heterocycles. The molecule has 1 unspecified atom stereocenters. The van der Waals surface area contributed by atoms with Crippen molar-refractivity contribution in [1.29, 1.82) is 5.26 Å². The average Bonchev–Trinajstić information content (AvgIpc) is 2.33. The van der Waals surface area contributed by atoms with Crippen LogP contribution in [0.1, 0.15) is 38.3 Å². The Morgan fingerprint density at radius 1 is 1.18 bits per heavy atom. The molecule has 0 amide bonds. The fourth-order valence-corrected chi connectivity index (χ4v) is 1.97. The Labute approximate surface area is 103 Å². The first-order valence-corrected chi connectivity index (χ1v) is 6.15. The average molecular weight is 232 g/mol. The summed E-state index contributed by atoms with van der Waals surface area (Å²) in [4.78, 5) is 2.19. The molecule has 1 aromatic rings. The minimum atomic E-state index is -0.213. The fourth-order valence-electron chi connectivity index (χ4n) is 1.97. The first kappa shape index (κ1) is 13.5. The molecule has 1 aromatic carbocycles. The van der Waals surface area contributed by atoms with Gasteiger partial charge in [0.05, 0.1) is 6.07 Å². The van der Waals surface area contributed by atoms with Gasteiger partial charge in [-0.2, -0.15) is 5.26 Å². The number of hydrogen-bond donors (Lipinski definition) is 1. The monoisotopic (exact) mass is 232 g/mol. The van der Waals surface area contributed by atoms with E-state index in [1.54, 1.807) is 12.1 Å². The van der Waals surface area contributed by atoms with Crippen LogP contribution in [0.25, 0.3) is 0 Å². The Balaban J connectivity index is 2.88. The first-order chi connectivity index (χ1) is 8.22. The van der Waals surface area contributed by atoms with Crippen molar-refractivity contribution < 1.29 is 5.11 Å². The highest BCUT2D eigenvalue weighted by atomic mass is 16.3. The molecule has 0 aliphatic carbocycles. The number of nitriles is 1. The number of phenolic OH excluding ortho intramolecular Hbond substituents is 1. The molecule has 3 nitrogen and oxygen atoms in total. The molecule has 3 heteroatoms. The molecule has 0 aliphatic rings. The maximum atomic E-state index is 9.32. The van der Waals surface area contributed by atoms with Gasteiger partial charge in [-0.15, -0.1) is 0 Å². The molecule has 1 rings (SSSR count). The quantitative estimate of drug-likeness (QED) is 0.820. The summed E-state index contributed by atoms with van der Waals surface area (Å²) in [5.41, 5.74) is 0.951. The van der Waals surface area contributed by atoms with E-state index in [0.29, 0.717) is 0 Å². The van der Waals surface area contributed by atoms with E-state index < -0.39 is 0 Å². The Morgan fingerprint density at radius 3 is 2.12 bits per heavy atom. The lowest BCUT2D eigenvalue weighted by atomic mass is 10.1. The Hall–Kier alpha value is -1.53. The maximum Gasteiger partial charge on any atom is 0.123 e. The van der Waals surface area contributed by atoms with E-state index in [2.05, 4.69) is 24.8 Å². The number of aromatic hydroxyl groups is 1. The molecule has 0 saturated heterocycles. The second-order valence-electron chi connectivity index (χ2n) is 4.16. The van der Waals surface area contributed by atoms with Gasteiger partial charge in [-0.1, -0.05) is 26.0 Å². The van der Waals surface area contributed by atoms with Crippen molar-refractivity contribution in [2.24, 2.45) is 0 Å². The standard InChI is InChI=1S/C14H20N2O/c1-3-9-16(10-4-2)14(11-15)12-5-7-13(17)8-6-12/h5-8,14,17H,3-4,9-10H2,1-2H3. The normalized spacial score (nSPS) is 12.4. The van der Waals surface area contributed by atoms with Gasteiger partial charge in [-0.3, -0.25) is 4.90 Å². The summed E-state index contributed by atoms with van der Waals surface area (Å²) >= 11 is 0. The summed E-state index contributed by atoms with van der Waals surface area (Å²) < 4.78 is 0. The van der Waals surface area contributed by atoms with E-state index in [1.807, 2.05) is 12.1 Å². The zero-order valence-corrected chi connectivity index (χ0v) is 10.6. The minimum absolute atomic E-state index is 0.213. The second kappa shape index (κ2) is 6.93. The summed E-state index contributed by atoms with van der Waals surface area (Å²) in [5.74, 6) is 0.239. The van der Waals surface area contributed by atoms with Gasteiger partial charge >= 0.3 is 0 Å². The van der Waals surface area contributed by atoms with Crippen LogP contribution < -0.4 is 0 Å². The lowest BCUT2D eigenvalue weighted by molar-refractivity contribution is 0.236. The van der Waals surface area contributed by atoms with Crippen LogP contribution in [0.3, 0.4) is 0 Å². The van der Waals surface area contributed by atoms with E-state index in [4.69, 9.17) is 0 Å². The van der Waals surface area contributed by atoms with Crippen LogP contribution in [0.4, 0.5) is 0 Å². The number of phenols is 1. The SMILES string of the molecule is CCCN(CCC)C(C#N)c1ccc(O)cc1. The van der Waals surface area contributed by atoms with Crippen LogP contribution in [0, 0.1) is 11.3 Å². The van der Waals surface area contributed by atoms with Crippen molar-refractivity contribution in [3.63, 3.8) is 0 Å². The predicted molar refractivity (Wildman–Crippen MR) is 68.6 cm³/mol. The molecular formula is C14H20N2O. The number of benzene rings is 1. The fraction of sp³-hybridized carbons (Fsp3) is 0.500. The zero-order valence-electron chi connectivity index (χ0n) is 10.6. The molecule has 0 fully saturated rings.